The van der Waals surface area contributed by atoms with Gasteiger partial charge in [0.1, 0.15) is 17.1 Å². The van der Waals surface area contributed by atoms with Gasteiger partial charge in [-0.15, -0.1) is 0 Å². The second-order valence-corrected chi connectivity index (χ2v) is 5.80. The molecule has 0 spiro atoms. The van der Waals surface area contributed by atoms with Crippen LogP contribution in [0.15, 0.2) is 49.2 Å². The predicted octanol–water partition coefficient (Wildman–Crippen LogP) is 2.79. The van der Waals surface area contributed by atoms with Gasteiger partial charge < -0.3 is 14.0 Å². The standard InChI is InChI=1S/C19H22N4O3/c1-3-25-16-11-15(12-20-13-16)7-6-10-26-19(24)17-14-21-22(2)18(17)23-8-4-5-9-23/h4-5,8-9,11-14H,3,6-7,10H2,1-2H3. The zero-order valence-electron chi connectivity index (χ0n) is 15.0. The molecule has 7 nitrogen and oxygen atoms in total. The van der Waals surface area contributed by atoms with E-state index in [1.807, 2.05) is 42.1 Å². The molecule has 0 aliphatic carbocycles. The van der Waals surface area contributed by atoms with E-state index in [0.29, 0.717) is 31.0 Å². The summed E-state index contributed by atoms with van der Waals surface area (Å²) in [5.74, 6) is 1.07. The molecular weight excluding hydrogens is 332 g/mol. The first kappa shape index (κ1) is 17.7. The number of nitrogens with zero attached hydrogens (tertiary/aromatic N) is 4. The predicted molar refractivity (Wildman–Crippen MR) is 96.5 cm³/mol. The molecule has 3 aromatic heterocycles. The van der Waals surface area contributed by atoms with Crippen LogP contribution in [0.4, 0.5) is 0 Å². The largest absolute Gasteiger partial charge is 0.492 e. The average Bonchev–Trinajstić information content (AvgIpc) is 3.28. The van der Waals surface area contributed by atoms with Gasteiger partial charge in [0.25, 0.3) is 0 Å². The van der Waals surface area contributed by atoms with Gasteiger partial charge in [-0.05, 0) is 43.5 Å². The first-order chi connectivity index (χ1) is 12.7. The lowest BCUT2D eigenvalue weighted by molar-refractivity contribution is 0.0500. The van der Waals surface area contributed by atoms with E-state index in [4.69, 9.17) is 9.47 Å². The summed E-state index contributed by atoms with van der Waals surface area (Å²) in [6, 6.07) is 5.75. The van der Waals surface area contributed by atoms with Crippen LogP contribution in [0.25, 0.3) is 5.82 Å². The molecule has 136 valence electrons. The van der Waals surface area contributed by atoms with E-state index in [0.717, 1.165) is 17.7 Å². The van der Waals surface area contributed by atoms with Crippen molar-refractivity contribution in [2.45, 2.75) is 19.8 Å². The summed E-state index contributed by atoms with van der Waals surface area (Å²) in [5.41, 5.74) is 1.50. The van der Waals surface area contributed by atoms with Crippen LogP contribution in [0.5, 0.6) is 5.75 Å². The minimum absolute atomic E-state index is 0.331. The van der Waals surface area contributed by atoms with Crippen LogP contribution in [0.2, 0.25) is 0 Å². The van der Waals surface area contributed by atoms with Crippen LogP contribution in [-0.4, -0.2) is 38.5 Å². The minimum Gasteiger partial charge on any atom is -0.492 e. The number of pyridine rings is 1. The van der Waals surface area contributed by atoms with Crippen molar-refractivity contribution in [3.05, 3.63) is 60.3 Å². The maximum atomic E-state index is 12.4. The summed E-state index contributed by atoms with van der Waals surface area (Å²) < 4.78 is 14.4. The molecular formula is C19H22N4O3. The van der Waals surface area contributed by atoms with Gasteiger partial charge in [-0.2, -0.15) is 5.10 Å². The third-order valence-electron chi connectivity index (χ3n) is 3.90. The molecule has 0 saturated heterocycles. The summed E-state index contributed by atoms with van der Waals surface area (Å²) in [4.78, 5) is 16.6. The highest BCUT2D eigenvalue weighted by Gasteiger charge is 2.18. The van der Waals surface area contributed by atoms with E-state index in [2.05, 4.69) is 10.1 Å². The monoisotopic (exact) mass is 354 g/mol. The highest BCUT2D eigenvalue weighted by molar-refractivity contribution is 5.92. The summed E-state index contributed by atoms with van der Waals surface area (Å²) in [7, 11) is 1.80. The first-order valence-electron chi connectivity index (χ1n) is 8.58. The molecule has 3 heterocycles. The number of aryl methyl sites for hydroxylation is 2. The molecule has 0 atom stereocenters. The summed E-state index contributed by atoms with van der Waals surface area (Å²) in [5, 5.41) is 4.17. The van der Waals surface area contributed by atoms with Gasteiger partial charge in [-0.3, -0.25) is 9.67 Å². The van der Waals surface area contributed by atoms with E-state index in [9.17, 15) is 4.79 Å². The molecule has 7 heteroatoms. The third kappa shape index (κ3) is 4.11. The Morgan fingerprint density at radius 3 is 2.77 bits per heavy atom. The Bertz CT molecular complexity index is 856. The van der Waals surface area contributed by atoms with Crippen LogP contribution in [0.1, 0.15) is 29.3 Å². The molecule has 0 amide bonds. The van der Waals surface area contributed by atoms with Crippen molar-refractivity contribution in [1.82, 2.24) is 19.3 Å². The van der Waals surface area contributed by atoms with Crippen molar-refractivity contribution in [2.24, 2.45) is 7.05 Å². The Labute approximate surface area is 152 Å². The second-order valence-electron chi connectivity index (χ2n) is 5.80. The van der Waals surface area contributed by atoms with Crippen LogP contribution in [-0.2, 0) is 18.2 Å². The Balaban J connectivity index is 1.55. The second kappa shape index (κ2) is 8.33. The Morgan fingerprint density at radius 1 is 1.19 bits per heavy atom. The van der Waals surface area contributed by atoms with Crippen LogP contribution >= 0.6 is 0 Å². The zero-order chi connectivity index (χ0) is 18.4. The number of ether oxygens (including phenoxy) is 2. The van der Waals surface area contributed by atoms with Gasteiger partial charge in [0.15, 0.2) is 0 Å². The highest BCUT2D eigenvalue weighted by Crippen LogP contribution is 2.16. The smallest absolute Gasteiger partial charge is 0.343 e. The zero-order valence-corrected chi connectivity index (χ0v) is 15.0. The van der Waals surface area contributed by atoms with Gasteiger partial charge in [-0.25, -0.2) is 4.79 Å². The molecule has 0 unspecified atom stereocenters. The lowest BCUT2D eigenvalue weighted by Crippen LogP contribution is -2.11. The molecule has 0 aromatic carbocycles. The molecule has 3 aromatic rings. The first-order valence-corrected chi connectivity index (χ1v) is 8.58. The number of hydrogen-bond donors (Lipinski definition) is 0. The average molecular weight is 354 g/mol. The molecule has 0 radical (unpaired) electrons. The highest BCUT2D eigenvalue weighted by atomic mass is 16.5. The van der Waals surface area contributed by atoms with Gasteiger partial charge >= 0.3 is 5.97 Å². The van der Waals surface area contributed by atoms with E-state index in [1.54, 1.807) is 24.1 Å². The number of rotatable bonds is 8. The van der Waals surface area contributed by atoms with Gasteiger partial charge in [0.2, 0.25) is 0 Å². The summed E-state index contributed by atoms with van der Waals surface area (Å²) in [6.45, 7) is 2.88. The molecule has 0 saturated carbocycles. The van der Waals surface area contributed by atoms with Crippen LogP contribution < -0.4 is 4.74 Å². The normalized spacial score (nSPS) is 10.7. The van der Waals surface area contributed by atoms with Crippen molar-refractivity contribution in [3.8, 4) is 11.6 Å². The Hall–Kier alpha value is -3.09. The molecule has 0 fully saturated rings. The SMILES string of the molecule is CCOc1cncc(CCCOC(=O)c2cnn(C)c2-n2cccc2)c1. The molecule has 0 bridgehead atoms. The Kier molecular flexibility index (Phi) is 5.68. The topological polar surface area (TPSA) is 71.2 Å². The van der Waals surface area contributed by atoms with Crippen LogP contribution in [0.3, 0.4) is 0 Å². The maximum absolute atomic E-state index is 12.4. The number of aromatic nitrogens is 4. The summed E-state index contributed by atoms with van der Waals surface area (Å²) in [6.07, 6.45) is 10.2. The molecule has 26 heavy (non-hydrogen) atoms. The molecule has 3 rings (SSSR count). The fourth-order valence-corrected chi connectivity index (χ4v) is 2.72. The Morgan fingerprint density at radius 2 is 2.00 bits per heavy atom. The fraction of sp³-hybridized carbons (Fsp3) is 0.316. The molecule has 0 N–H and O–H groups in total. The minimum atomic E-state index is -0.372. The van der Waals surface area contributed by atoms with Crippen molar-refractivity contribution < 1.29 is 14.3 Å². The van der Waals surface area contributed by atoms with Gasteiger partial charge in [0, 0.05) is 25.6 Å². The molecule has 0 aliphatic rings. The van der Waals surface area contributed by atoms with Gasteiger partial charge in [-0.1, -0.05) is 0 Å². The third-order valence-corrected chi connectivity index (χ3v) is 3.90. The number of carbonyl (C=O) groups is 1. The van der Waals surface area contributed by atoms with Gasteiger partial charge in [0.05, 0.1) is 25.6 Å². The van der Waals surface area contributed by atoms with E-state index < -0.39 is 0 Å². The lowest BCUT2D eigenvalue weighted by Gasteiger charge is -2.08. The van der Waals surface area contributed by atoms with Crippen LogP contribution in [0, 0.1) is 0 Å². The van der Waals surface area contributed by atoms with Crippen molar-refractivity contribution >= 4 is 5.97 Å². The molecule has 0 aliphatic heterocycles. The van der Waals surface area contributed by atoms with E-state index >= 15 is 0 Å². The van der Waals surface area contributed by atoms with Crippen molar-refractivity contribution in [3.63, 3.8) is 0 Å². The fourth-order valence-electron chi connectivity index (χ4n) is 2.72. The van der Waals surface area contributed by atoms with Crippen molar-refractivity contribution in [2.75, 3.05) is 13.2 Å². The van der Waals surface area contributed by atoms with E-state index in [1.165, 1.54) is 6.20 Å². The maximum Gasteiger partial charge on any atom is 0.343 e. The summed E-state index contributed by atoms with van der Waals surface area (Å²) >= 11 is 0. The quantitative estimate of drug-likeness (QED) is 0.459. The lowest BCUT2D eigenvalue weighted by atomic mass is 10.1. The van der Waals surface area contributed by atoms with Crippen molar-refractivity contribution in [1.29, 1.82) is 0 Å². The number of hydrogen-bond acceptors (Lipinski definition) is 5. The number of esters is 1. The van der Waals surface area contributed by atoms with E-state index in [-0.39, 0.29) is 5.97 Å². The number of carbonyl (C=O) groups excluding carboxylic acids is 1.